The Labute approximate surface area is 94.7 Å². The van der Waals surface area contributed by atoms with Crippen LogP contribution < -0.4 is 0 Å². The molecule has 0 aliphatic carbocycles. The molecule has 0 saturated heterocycles. The molecule has 0 aliphatic heterocycles. The third-order valence-electron chi connectivity index (χ3n) is 2.32. The number of carboxylic acids is 1. The second kappa shape index (κ2) is 6.51. The van der Waals surface area contributed by atoms with Crippen molar-refractivity contribution >= 4 is 17.7 Å². The molecule has 3 heteroatoms. The van der Waals surface area contributed by atoms with Gasteiger partial charge in [0, 0.05) is 4.90 Å². The van der Waals surface area contributed by atoms with E-state index in [1.807, 2.05) is 37.3 Å². The maximum atomic E-state index is 10.8. The first kappa shape index (κ1) is 12.1. The molecule has 82 valence electrons. The summed E-state index contributed by atoms with van der Waals surface area (Å²) in [5, 5.41) is 8.86. The molecule has 0 bridgehead atoms. The van der Waals surface area contributed by atoms with Crippen LogP contribution in [0.5, 0.6) is 0 Å². The number of rotatable bonds is 6. The third-order valence-corrected chi connectivity index (χ3v) is 3.37. The van der Waals surface area contributed by atoms with Crippen LogP contribution in [-0.2, 0) is 4.79 Å². The average Bonchev–Trinajstić information content (AvgIpc) is 2.25. The molecule has 0 spiro atoms. The number of aliphatic carboxylic acids is 1. The Balaban J connectivity index is 2.30. The number of carbonyl (C=O) groups is 1. The van der Waals surface area contributed by atoms with Crippen molar-refractivity contribution in [3.8, 4) is 0 Å². The fraction of sp³-hybridized carbons (Fsp3) is 0.417. The summed E-state index contributed by atoms with van der Waals surface area (Å²) in [5.41, 5.74) is 0. The van der Waals surface area contributed by atoms with Crippen molar-refractivity contribution in [2.45, 2.75) is 24.7 Å². The fourth-order valence-electron chi connectivity index (χ4n) is 1.34. The molecule has 1 unspecified atom stereocenters. The van der Waals surface area contributed by atoms with Gasteiger partial charge in [0.05, 0.1) is 5.92 Å². The van der Waals surface area contributed by atoms with Crippen LogP contribution in [-0.4, -0.2) is 16.8 Å². The molecule has 1 rings (SSSR count). The molecule has 1 atom stereocenters. The molecule has 0 amide bonds. The maximum absolute atomic E-state index is 10.8. The Kier molecular flexibility index (Phi) is 5.26. The van der Waals surface area contributed by atoms with E-state index in [9.17, 15) is 4.79 Å². The van der Waals surface area contributed by atoms with E-state index in [1.165, 1.54) is 4.90 Å². The zero-order valence-corrected chi connectivity index (χ0v) is 9.67. The summed E-state index contributed by atoms with van der Waals surface area (Å²) in [5.74, 6) is 0.00169. The summed E-state index contributed by atoms with van der Waals surface area (Å²) in [7, 11) is 0. The minimum Gasteiger partial charge on any atom is -0.481 e. The Morgan fingerprint density at radius 2 is 2.07 bits per heavy atom. The van der Waals surface area contributed by atoms with E-state index in [1.54, 1.807) is 11.8 Å². The van der Waals surface area contributed by atoms with Gasteiger partial charge in [0.25, 0.3) is 0 Å². The van der Waals surface area contributed by atoms with Crippen LogP contribution in [0.2, 0.25) is 0 Å². The van der Waals surface area contributed by atoms with Gasteiger partial charge in [-0.2, -0.15) is 0 Å². The van der Waals surface area contributed by atoms with Crippen molar-refractivity contribution in [1.82, 2.24) is 0 Å². The molecule has 0 saturated carbocycles. The molecular weight excluding hydrogens is 208 g/mol. The summed E-state index contributed by atoms with van der Waals surface area (Å²) in [6, 6.07) is 10.1. The normalized spacial score (nSPS) is 12.3. The second-order valence-electron chi connectivity index (χ2n) is 3.39. The van der Waals surface area contributed by atoms with E-state index >= 15 is 0 Å². The highest BCUT2D eigenvalue weighted by Crippen LogP contribution is 2.21. The molecule has 0 radical (unpaired) electrons. The number of thioether (sulfide) groups is 1. The highest BCUT2D eigenvalue weighted by molar-refractivity contribution is 7.99. The van der Waals surface area contributed by atoms with Crippen molar-refractivity contribution in [2.75, 3.05) is 5.75 Å². The maximum Gasteiger partial charge on any atom is 0.306 e. The van der Waals surface area contributed by atoms with Gasteiger partial charge < -0.3 is 5.11 Å². The van der Waals surface area contributed by atoms with Gasteiger partial charge in [-0.05, 0) is 30.7 Å². The van der Waals surface area contributed by atoms with E-state index in [4.69, 9.17) is 5.11 Å². The van der Waals surface area contributed by atoms with Gasteiger partial charge in [0.1, 0.15) is 0 Å². The number of hydrogen-bond acceptors (Lipinski definition) is 2. The second-order valence-corrected chi connectivity index (χ2v) is 4.56. The Bertz CT molecular complexity index is 298. The molecule has 0 heterocycles. The van der Waals surface area contributed by atoms with Crippen molar-refractivity contribution in [3.05, 3.63) is 30.3 Å². The zero-order chi connectivity index (χ0) is 11.1. The average molecular weight is 224 g/mol. The van der Waals surface area contributed by atoms with Crippen molar-refractivity contribution in [2.24, 2.45) is 5.92 Å². The van der Waals surface area contributed by atoms with E-state index in [0.29, 0.717) is 6.42 Å². The molecule has 0 fully saturated rings. The molecule has 15 heavy (non-hydrogen) atoms. The predicted octanol–water partition coefficient (Wildman–Crippen LogP) is 3.28. The van der Waals surface area contributed by atoms with Gasteiger partial charge in [0.15, 0.2) is 0 Å². The molecular formula is C12H16O2S. The molecule has 1 aromatic rings. The fourth-order valence-corrected chi connectivity index (χ4v) is 2.33. The van der Waals surface area contributed by atoms with E-state index in [-0.39, 0.29) is 5.92 Å². The molecule has 0 aromatic heterocycles. The zero-order valence-electron chi connectivity index (χ0n) is 8.85. The van der Waals surface area contributed by atoms with Crippen molar-refractivity contribution in [3.63, 3.8) is 0 Å². The minimum atomic E-state index is -0.675. The monoisotopic (exact) mass is 224 g/mol. The lowest BCUT2D eigenvalue weighted by Crippen LogP contribution is -2.13. The summed E-state index contributed by atoms with van der Waals surface area (Å²) in [6.45, 7) is 1.92. The summed E-state index contributed by atoms with van der Waals surface area (Å²) >= 11 is 1.72. The SMILES string of the molecule is CCC(CCSc1ccccc1)C(=O)O. The van der Waals surface area contributed by atoms with Crippen LogP contribution in [0.25, 0.3) is 0 Å². The third kappa shape index (κ3) is 4.38. The lowest BCUT2D eigenvalue weighted by atomic mass is 10.0. The Morgan fingerprint density at radius 3 is 2.60 bits per heavy atom. The quantitative estimate of drug-likeness (QED) is 0.753. The molecule has 0 aliphatic rings. The van der Waals surface area contributed by atoms with Crippen molar-refractivity contribution < 1.29 is 9.90 Å². The summed E-state index contributed by atoms with van der Waals surface area (Å²) in [6.07, 6.45) is 1.45. The number of hydrogen-bond donors (Lipinski definition) is 1. The predicted molar refractivity (Wildman–Crippen MR) is 63.2 cm³/mol. The van der Waals surface area contributed by atoms with Crippen LogP contribution in [0, 0.1) is 5.92 Å². The van der Waals surface area contributed by atoms with Crippen LogP contribution in [0.1, 0.15) is 19.8 Å². The lowest BCUT2D eigenvalue weighted by Gasteiger charge is -2.08. The topological polar surface area (TPSA) is 37.3 Å². The first-order valence-corrected chi connectivity index (χ1v) is 6.13. The van der Waals surface area contributed by atoms with E-state index in [0.717, 1.165) is 12.2 Å². The van der Waals surface area contributed by atoms with Gasteiger partial charge in [-0.3, -0.25) is 4.79 Å². The summed E-state index contributed by atoms with van der Waals surface area (Å²) in [4.78, 5) is 12.0. The highest BCUT2D eigenvalue weighted by Gasteiger charge is 2.13. The standard InChI is InChI=1S/C12H16O2S/c1-2-10(12(13)14)8-9-15-11-6-4-3-5-7-11/h3-7,10H,2,8-9H2,1H3,(H,13,14). The number of benzene rings is 1. The van der Waals surface area contributed by atoms with E-state index < -0.39 is 5.97 Å². The van der Waals surface area contributed by atoms with Crippen LogP contribution in [0.15, 0.2) is 35.2 Å². The van der Waals surface area contributed by atoms with Gasteiger partial charge in [0.2, 0.25) is 0 Å². The van der Waals surface area contributed by atoms with Gasteiger partial charge in [-0.15, -0.1) is 11.8 Å². The first-order chi connectivity index (χ1) is 7.24. The first-order valence-electron chi connectivity index (χ1n) is 5.14. The smallest absolute Gasteiger partial charge is 0.306 e. The van der Waals surface area contributed by atoms with Gasteiger partial charge >= 0.3 is 5.97 Å². The van der Waals surface area contributed by atoms with Crippen LogP contribution >= 0.6 is 11.8 Å². The highest BCUT2D eigenvalue weighted by atomic mass is 32.2. The van der Waals surface area contributed by atoms with Crippen LogP contribution in [0.3, 0.4) is 0 Å². The number of carboxylic acid groups (broad SMARTS) is 1. The largest absolute Gasteiger partial charge is 0.481 e. The van der Waals surface area contributed by atoms with Crippen molar-refractivity contribution in [1.29, 1.82) is 0 Å². The Hall–Kier alpha value is -0.960. The summed E-state index contributed by atoms with van der Waals surface area (Å²) < 4.78 is 0. The molecule has 2 nitrogen and oxygen atoms in total. The Morgan fingerprint density at radius 1 is 1.40 bits per heavy atom. The van der Waals surface area contributed by atoms with Gasteiger partial charge in [-0.25, -0.2) is 0 Å². The van der Waals surface area contributed by atoms with E-state index in [2.05, 4.69) is 0 Å². The molecule has 1 N–H and O–H groups in total. The van der Waals surface area contributed by atoms with Gasteiger partial charge in [-0.1, -0.05) is 25.1 Å². The lowest BCUT2D eigenvalue weighted by molar-refractivity contribution is -0.141. The minimum absolute atomic E-state index is 0.193. The van der Waals surface area contributed by atoms with Crippen LogP contribution in [0.4, 0.5) is 0 Å². The molecule has 1 aromatic carbocycles.